The Hall–Kier alpha value is -2.73. The van der Waals surface area contributed by atoms with Crippen LogP contribution >= 0.6 is 11.3 Å². The third-order valence-electron chi connectivity index (χ3n) is 8.29. The number of carbonyl (C=O) groups is 3. The largest absolute Gasteiger partial charge is 0.306 e. The lowest BCUT2D eigenvalue weighted by molar-refractivity contribution is -0.182. The highest BCUT2D eigenvalue weighted by molar-refractivity contribution is 7.10. The SMILES string of the molecule is CN1C(=O)[C@@]2(C(=O)N3C=Cc4ccccc4[C@H]3c3cccs3)CC[C@@](C)(C1=O)C2(C)C. The van der Waals surface area contributed by atoms with E-state index in [0.29, 0.717) is 12.8 Å². The number of nitrogens with zero attached hydrogens (tertiary/aromatic N) is 2. The molecular weight excluding hydrogens is 408 g/mol. The molecule has 31 heavy (non-hydrogen) atoms. The molecule has 2 aliphatic heterocycles. The van der Waals surface area contributed by atoms with Gasteiger partial charge in [0.2, 0.25) is 17.7 Å². The maximum atomic E-state index is 14.4. The van der Waals surface area contributed by atoms with Crippen LogP contribution in [0.3, 0.4) is 0 Å². The van der Waals surface area contributed by atoms with Gasteiger partial charge in [0.15, 0.2) is 0 Å². The van der Waals surface area contributed by atoms with E-state index in [1.807, 2.05) is 74.8 Å². The van der Waals surface area contributed by atoms with Crippen LogP contribution in [0.1, 0.15) is 55.7 Å². The second-order valence-corrected chi connectivity index (χ2v) is 10.6. The van der Waals surface area contributed by atoms with E-state index >= 15 is 0 Å². The molecule has 3 aliphatic rings. The van der Waals surface area contributed by atoms with E-state index in [2.05, 4.69) is 0 Å². The van der Waals surface area contributed by atoms with Crippen LogP contribution < -0.4 is 0 Å². The lowest BCUT2D eigenvalue weighted by Crippen LogP contribution is -2.67. The van der Waals surface area contributed by atoms with Crippen LogP contribution in [0, 0.1) is 16.2 Å². The van der Waals surface area contributed by atoms with Gasteiger partial charge in [-0.25, -0.2) is 0 Å². The molecule has 5 rings (SSSR count). The van der Waals surface area contributed by atoms with Crippen molar-refractivity contribution in [3.63, 3.8) is 0 Å². The van der Waals surface area contributed by atoms with Crippen molar-refractivity contribution in [2.24, 2.45) is 16.2 Å². The number of likely N-dealkylation sites (tertiary alicyclic amines) is 1. The predicted octanol–water partition coefficient (Wildman–Crippen LogP) is 4.46. The summed E-state index contributed by atoms with van der Waals surface area (Å²) in [5.74, 6) is -0.771. The first-order valence-electron chi connectivity index (χ1n) is 10.6. The highest BCUT2D eigenvalue weighted by Gasteiger charge is 2.75. The van der Waals surface area contributed by atoms with E-state index in [1.54, 1.807) is 16.2 Å². The third kappa shape index (κ3) is 2.29. The summed E-state index contributed by atoms with van der Waals surface area (Å²) in [4.78, 5) is 45.1. The van der Waals surface area contributed by atoms with Crippen LogP contribution in [0.4, 0.5) is 0 Å². The minimum atomic E-state index is -1.27. The van der Waals surface area contributed by atoms with Crippen molar-refractivity contribution in [3.05, 3.63) is 64.0 Å². The molecule has 0 radical (unpaired) electrons. The molecule has 2 bridgehead atoms. The maximum absolute atomic E-state index is 14.4. The van der Waals surface area contributed by atoms with Gasteiger partial charge >= 0.3 is 0 Å². The van der Waals surface area contributed by atoms with E-state index in [9.17, 15) is 14.4 Å². The summed E-state index contributed by atoms with van der Waals surface area (Å²) in [5, 5.41) is 2.01. The Morgan fingerprint density at radius 1 is 1.03 bits per heavy atom. The van der Waals surface area contributed by atoms with Crippen LogP contribution in [0.2, 0.25) is 0 Å². The van der Waals surface area contributed by atoms with Crippen LogP contribution in [-0.2, 0) is 14.4 Å². The molecule has 2 aromatic rings. The average Bonchev–Trinajstić information content (AvgIpc) is 3.35. The summed E-state index contributed by atoms with van der Waals surface area (Å²) in [7, 11) is 1.52. The van der Waals surface area contributed by atoms with Crippen molar-refractivity contribution in [1.29, 1.82) is 0 Å². The number of amides is 3. The average molecular weight is 435 g/mol. The van der Waals surface area contributed by atoms with Crippen LogP contribution in [0.15, 0.2) is 48.0 Å². The summed E-state index contributed by atoms with van der Waals surface area (Å²) < 4.78 is 0. The number of piperidine rings is 1. The molecule has 1 aromatic carbocycles. The van der Waals surface area contributed by atoms with Crippen molar-refractivity contribution >= 4 is 35.1 Å². The van der Waals surface area contributed by atoms with Crippen LogP contribution in [-0.4, -0.2) is 34.6 Å². The van der Waals surface area contributed by atoms with E-state index in [-0.39, 0.29) is 23.8 Å². The minimum absolute atomic E-state index is 0.183. The number of hydrogen-bond acceptors (Lipinski definition) is 4. The first kappa shape index (κ1) is 20.2. The molecule has 6 heteroatoms. The molecule has 5 nitrogen and oxygen atoms in total. The number of fused-ring (bicyclic) bond motifs is 3. The summed E-state index contributed by atoms with van der Waals surface area (Å²) in [6.07, 6.45) is 4.67. The van der Waals surface area contributed by atoms with Gasteiger partial charge in [0.1, 0.15) is 5.41 Å². The molecule has 160 valence electrons. The lowest BCUT2D eigenvalue weighted by atomic mass is 9.55. The van der Waals surface area contributed by atoms with E-state index in [1.165, 1.54) is 11.9 Å². The Bertz CT molecular complexity index is 1140. The molecule has 1 aromatic heterocycles. The molecule has 2 fully saturated rings. The Labute approximate surface area is 186 Å². The molecule has 0 spiro atoms. The van der Waals surface area contributed by atoms with Gasteiger partial charge in [-0.2, -0.15) is 0 Å². The topological polar surface area (TPSA) is 57.7 Å². The van der Waals surface area contributed by atoms with Gasteiger partial charge in [-0.3, -0.25) is 19.3 Å². The van der Waals surface area contributed by atoms with Crippen molar-refractivity contribution in [3.8, 4) is 0 Å². The number of hydrogen-bond donors (Lipinski definition) is 0. The highest BCUT2D eigenvalue weighted by Crippen LogP contribution is 2.67. The van der Waals surface area contributed by atoms with Gasteiger partial charge in [0.25, 0.3) is 0 Å². The Kier molecular flexibility index (Phi) is 4.16. The summed E-state index contributed by atoms with van der Waals surface area (Å²) in [6.45, 7) is 5.75. The number of imide groups is 1. The maximum Gasteiger partial charge on any atom is 0.245 e. The Morgan fingerprint density at radius 2 is 1.77 bits per heavy atom. The van der Waals surface area contributed by atoms with Crippen molar-refractivity contribution in [1.82, 2.24) is 9.80 Å². The van der Waals surface area contributed by atoms with Crippen molar-refractivity contribution in [2.45, 2.75) is 39.7 Å². The smallest absolute Gasteiger partial charge is 0.245 e. The third-order valence-corrected chi connectivity index (χ3v) is 9.21. The second-order valence-electron chi connectivity index (χ2n) is 9.61. The van der Waals surface area contributed by atoms with Gasteiger partial charge in [-0.15, -0.1) is 11.3 Å². The molecule has 3 atom stereocenters. The molecular formula is C25H26N2O3S. The predicted molar refractivity (Wildman–Crippen MR) is 120 cm³/mol. The van der Waals surface area contributed by atoms with E-state index in [0.717, 1.165) is 16.0 Å². The fraction of sp³-hybridized carbons (Fsp3) is 0.400. The fourth-order valence-electron chi connectivity index (χ4n) is 5.95. The van der Waals surface area contributed by atoms with Crippen molar-refractivity contribution in [2.75, 3.05) is 7.05 Å². The van der Waals surface area contributed by atoms with Gasteiger partial charge in [-0.05, 0) is 41.5 Å². The van der Waals surface area contributed by atoms with Crippen molar-refractivity contribution < 1.29 is 14.4 Å². The quantitative estimate of drug-likeness (QED) is 0.518. The molecule has 0 N–H and O–H groups in total. The second kappa shape index (κ2) is 6.39. The van der Waals surface area contributed by atoms with Gasteiger partial charge < -0.3 is 4.90 Å². The zero-order chi connectivity index (χ0) is 22.2. The molecule has 1 saturated carbocycles. The molecule has 3 heterocycles. The van der Waals surface area contributed by atoms with Crippen LogP contribution in [0.25, 0.3) is 6.08 Å². The zero-order valence-corrected chi connectivity index (χ0v) is 19.0. The Balaban J connectivity index is 1.68. The monoisotopic (exact) mass is 434 g/mol. The van der Waals surface area contributed by atoms with Crippen LogP contribution in [0.5, 0.6) is 0 Å². The fourth-order valence-corrected chi connectivity index (χ4v) is 6.79. The number of rotatable bonds is 2. The summed E-state index contributed by atoms with van der Waals surface area (Å²) >= 11 is 1.60. The number of carbonyl (C=O) groups excluding carboxylic acids is 3. The molecule has 0 unspecified atom stereocenters. The zero-order valence-electron chi connectivity index (χ0n) is 18.2. The number of benzene rings is 1. The van der Waals surface area contributed by atoms with Gasteiger partial charge in [0, 0.05) is 23.5 Å². The standard InChI is InChI=1S/C25H26N2O3S/c1-23(2)24(3)12-13-25(23,21(29)26(4)20(24)28)22(30)27-14-11-16-8-5-6-9-17(16)19(27)18-10-7-15-31-18/h5-11,14-15,19H,12-13H2,1-4H3/t19-,24-,25+/m0/s1. The lowest BCUT2D eigenvalue weighted by Gasteiger charge is -2.53. The minimum Gasteiger partial charge on any atom is -0.306 e. The molecule has 3 amide bonds. The first-order valence-corrected chi connectivity index (χ1v) is 11.5. The van der Waals surface area contributed by atoms with E-state index in [4.69, 9.17) is 0 Å². The van der Waals surface area contributed by atoms with E-state index < -0.39 is 16.2 Å². The Morgan fingerprint density at radius 3 is 2.48 bits per heavy atom. The molecule has 1 aliphatic carbocycles. The normalized spacial score (nSPS) is 31.2. The summed E-state index contributed by atoms with van der Waals surface area (Å²) in [6, 6.07) is 11.8. The number of thiophene rings is 1. The highest BCUT2D eigenvalue weighted by atomic mass is 32.1. The molecule has 1 saturated heterocycles. The van der Waals surface area contributed by atoms with Gasteiger partial charge in [-0.1, -0.05) is 51.1 Å². The first-order chi connectivity index (χ1) is 14.7. The summed E-state index contributed by atoms with van der Waals surface area (Å²) in [5.41, 5.74) is -0.691. The van der Waals surface area contributed by atoms with Gasteiger partial charge in [0.05, 0.1) is 11.5 Å².